The fourth-order valence-electron chi connectivity index (χ4n) is 2.50. The molecule has 2 aromatic rings. The van der Waals surface area contributed by atoms with Gasteiger partial charge in [0.15, 0.2) is 6.10 Å². The maximum absolute atomic E-state index is 12.7. The van der Waals surface area contributed by atoms with E-state index in [0.29, 0.717) is 11.3 Å². The minimum absolute atomic E-state index is 0.00226. The highest BCUT2D eigenvalue weighted by Gasteiger charge is 2.30. The Bertz CT molecular complexity index is 757. The molecule has 0 radical (unpaired) electrons. The smallest absolute Gasteiger partial charge is 0.416 e. The van der Waals surface area contributed by atoms with Crippen molar-refractivity contribution >= 4 is 5.91 Å². The average Bonchev–Trinajstić information content (AvgIpc) is 2.59. The Hall–Kier alpha value is -2.50. The number of nitrogens with one attached hydrogen (secondary N) is 1. The molecule has 1 N–H and O–H groups in total. The molecule has 0 unspecified atom stereocenters. The second kappa shape index (κ2) is 8.25. The summed E-state index contributed by atoms with van der Waals surface area (Å²) in [5.74, 6) is 0.483. The van der Waals surface area contributed by atoms with Gasteiger partial charge in [0.25, 0.3) is 5.91 Å². The van der Waals surface area contributed by atoms with Gasteiger partial charge in [-0.3, -0.25) is 4.79 Å². The van der Waals surface area contributed by atoms with Gasteiger partial charge >= 0.3 is 6.18 Å². The highest BCUT2D eigenvalue weighted by molar-refractivity contribution is 5.80. The van der Waals surface area contributed by atoms with Crippen LogP contribution in [0.1, 0.15) is 43.4 Å². The molecular weight excluding hydrogens is 343 g/mol. The average molecular weight is 365 g/mol. The zero-order valence-electron chi connectivity index (χ0n) is 14.9. The van der Waals surface area contributed by atoms with Crippen molar-refractivity contribution < 1.29 is 22.7 Å². The van der Waals surface area contributed by atoms with E-state index in [9.17, 15) is 18.0 Å². The van der Waals surface area contributed by atoms with E-state index in [1.807, 2.05) is 32.0 Å². The number of rotatable bonds is 6. The number of hydrogen-bond donors (Lipinski definition) is 1. The van der Waals surface area contributed by atoms with Crippen LogP contribution in [0.4, 0.5) is 13.2 Å². The Labute approximate surface area is 151 Å². The maximum atomic E-state index is 12.7. The molecule has 1 amide bonds. The Balaban J connectivity index is 1.98. The molecule has 0 saturated heterocycles. The summed E-state index contributed by atoms with van der Waals surface area (Å²) in [6.07, 6.45) is -5.17. The number of amides is 1. The largest absolute Gasteiger partial charge is 0.481 e. The topological polar surface area (TPSA) is 38.3 Å². The first-order valence-corrected chi connectivity index (χ1v) is 8.38. The molecule has 140 valence electrons. The minimum atomic E-state index is -4.41. The van der Waals surface area contributed by atoms with Crippen molar-refractivity contribution in [3.05, 3.63) is 65.2 Å². The molecule has 0 saturated carbocycles. The Morgan fingerprint density at radius 1 is 1.08 bits per heavy atom. The number of ether oxygens (including phenoxy) is 1. The third kappa shape index (κ3) is 5.25. The normalized spacial score (nSPS) is 12.7. The standard InChI is InChI=1S/C20H22F3NO2/c1-13(2)17-9-4-5-10-18(17)26-14(3)19(25)24-12-15-7-6-8-16(11-15)20(21,22)23/h4-11,13-14H,12H2,1-3H3,(H,24,25)/t14-/m1/s1. The highest BCUT2D eigenvalue weighted by atomic mass is 19.4. The fraction of sp³-hybridized carbons (Fsp3) is 0.350. The fourth-order valence-corrected chi connectivity index (χ4v) is 2.50. The van der Waals surface area contributed by atoms with Crippen molar-refractivity contribution in [1.29, 1.82) is 0 Å². The molecule has 0 fully saturated rings. The Morgan fingerprint density at radius 3 is 2.42 bits per heavy atom. The van der Waals surface area contributed by atoms with Crippen LogP contribution in [0.3, 0.4) is 0 Å². The van der Waals surface area contributed by atoms with Crippen LogP contribution in [0, 0.1) is 0 Å². The van der Waals surface area contributed by atoms with Crippen LogP contribution in [0.5, 0.6) is 5.75 Å². The van der Waals surface area contributed by atoms with Gasteiger partial charge in [0, 0.05) is 6.54 Å². The van der Waals surface area contributed by atoms with E-state index in [-0.39, 0.29) is 18.4 Å². The lowest BCUT2D eigenvalue weighted by Gasteiger charge is -2.19. The Kier molecular flexibility index (Phi) is 6.29. The molecule has 1 atom stereocenters. The summed E-state index contributed by atoms with van der Waals surface area (Å²) in [5, 5.41) is 2.62. The van der Waals surface area contributed by atoms with Gasteiger partial charge in [-0.15, -0.1) is 0 Å². The molecule has 0 aliphatic heterocycles. The van der Waals surface area contributed by atoms with Gasteiger partial charge < -0.3 is 10.1 Å². The third-order valence-corrected chi connectivity index (χ3v) is 3.94. The zero-order chi connectivity index (χ0) is 19.3. The van der Waals surface area contributed by atoms with Crippen LogP contribution in [0.15, 0.2) is 48.5 Å². The van der Waals surface area contributed by atoms with Gasteiger partial charge in [0.05, 0.1) is 5.56 Å². The molecular formula is C20H22F3NO2. The molecule has 0 spiro atoms. The molecule has 0 bridgehead atoms. The summed E-state index contributed by atoms with van der Waals surface area (Å²) in [6.45, 7) is 5.67. The van der Waals surface area contributed by atoms with Crippen LogP contribution in [0.2, 0.25) is 0 Å². The van der Waals surface area contributed by atoms with Crippen LogP contribution >= 0.6 is 0 Å². The minimum Gasteiger partial charge on any atom is -0.481 e. The number of carbonyl (C=O) groups is 1. The second-order valence-electron chi connectivity index (χ2n) is 6.37. The molecule has 6 heteroatoms. The van der Waals surface area contributed by atoms with Crippen LogP contribution in [0.25, 0.3) is 0 Å². The first-order chi connectivity index (χ1) is 12.2. The quantitative estimate of drug-likeness (QED) is 0.790. The van der Waals surface area contributed by atoms with E-state index < -0.39 is 17.8 Å². The molecule has 2 aromatic carbocycles. The van der Waals surface area contributed by atoms with Gasteiger partial charge in [-0.25, -0.2) is 0 Å². The van der Waals surface area contributed by atoms with Crippen LogP contribution < -0.4 is 10.1 Å². The summed E-state index contributed by atoms with van der Waals surface area (Å²) in [7, 11) is 0. The van der Waals surface area contributed by atoms with Crippen LogP contribution in [-0.2, 0) is 17.5 Å². The predicted octanol–water partition coefficient (Wildman–Crippen LogP) is 4.91. The molecule has 0 aliphatic rings. The van der Waals surface area contributed by atoms with Crippen molar-refractivity contribution in [1.82, 2.24) is 5.32 Å². The van der Waals surface area contributed by atoms with Gasteiger partial charge in [-0.2, -0.15) is 13.2 Å². The highest BCUT2D eigenvalue weighted by Crippen LogP contribution is 2.29. The van der Waals surface area contributed by atoms with Crippen LogP contribution in [-0.4, -0.2) is 12.0 Å². The summed E-state index contributed by atoms with van der Waals surface area (Å²) < 4.78 is 43.9. The SMILES string of the molecule is CC(C)c1ccccc1O[C@H](C)C(=O)NCc1cccc(C(F)(F)F)c1. The summed E-state index contributed by atoms with van der Waals surface area (Å²) >= 11 is 0. The van der Waals surface area contributed by atoms with Gasteiger partial charge in [0.1, 0.15) is 5.75 Å². The van der Waals surface area contributed by atoms with E-state index in [1.54, 1.807) is 13.0 Å². The molecule has 26 heavy (non-hydrogen) atoms. The van der Waals surface area contributed by atoms with E-state index in [1.165, 1.54) is 12.1 Å². The van der Waals surface area contributed by atoms with Gasteiger partial charge in [-0.1, -0.05) is 44.2 Å². The van der Waals surface area contributed by atoms with Gasteiger partial charge in [-0.05, 0) is 42.2 Å². The van der Waals surface area contributed by atoms with Gasteiger partial charge in [0.2, 0.25) is 0 Å². The summed E-state index contributed by atoms with van der Waals surface area (Å²) in [6, 6.07) is 12.4. The lowest BCUT2D eigenvalue weighted by Crippen LogP contribution is -2.36. The molecule has 0 aliphatic carbocycles. The van der Waals surface area contributed by atoms with Crippen molar-refractivity contribution in [2.24, 2.45) is 0 Å². The predicted molar refractivity (Wildman–Crippen MR) is 93.9 cm³/mol. The number of carbonyl (C=O) groups excluding carboxylic acids is 1. The number of alkyl halides is 3. The maximum Gasteiger partial charge on any atom is 0.416 e. The molecule has 2 rings (SSSR count). The molecule has 0 aromatic heterocycles. The van der Waals surface area contributed by atoms with Crippen molar-refractivity contribution in [2.75, 3.05) is 0 Å². The number of halogens is 3. The zero-order valence-corrected chi connectivity index (χ0v) is 14.9. The molecule has 3 nitrogen and oxygen atoms in total. The lowest BCUT2D eigenvalue weighted by molar-refractivity contribution is -0.137. The first kappa shape index (κ1) is 19.8. The summed E-state index contributed by atoms with van der Waals surface area (Å²) in [4.78, 5) is 12.2. The van der Waals surface area contributed by atoms with E-state index >= 15 is 0 Å². The first-order valence-electron chi connectivity index (χ1n) is 8.38. The van der Waals surface area contributed by atoms with E-state index in [0.717, 1.165) is 17.7 Å². The van der Waals surface area contributed by atoms with E-state index in [2.05, 4.69) is 5.32 Å². The van der Waals surface area contributed by atoms with Crippen molar-refractivity contribution in [3.8, 4) is 5.75 Å². The lowest BCUT2D eigenvalue weighted by atomic mass is 10.0. The number of para-hydroxylation sites is 1. The number of hydrogen-bond acceptors (Lipinski definition) is 2. The Morgan fingerprint density at radius 2 is 1.77 bits per heavy atom. The molecule has 0 heterocycles. The number of benzene rings is 2. The van der Waals surface area contributed by atoms with Crippen molar-refractivity contribution in [2.45, 2.75) is 45.5 Å². The van der Waals surface area contributed by atoms with Crippen molar-refractivity contribution in [3.63, 3.8) is 0 Å². The second-order valence-corrected chi connectivity index (χ2v) is 6.37. The third-order valence-electron chi connectivity index (χ3n) is 3.94. The summed E-state index contributed by atoms with van der Waals surface area (Å²) in [5.41, 5.74) is 0.632. The monoisotopic (exact) mass is 365 g/mol. The van der Waals surface area contributed by atoms with E-state index in [4.69, 9.17) is 4.74 Å².